The van der Waals surface area contributed by atoms with Gasteiger partial charge in [-0.05, 0) is 17.7 Å². The van der Waals surface area contributed by atoms with Crippen molar-refractivity contribution < 1.29 is 0 Å². The van der Waals surface area contributed by atoms with E-state index >= 15 is 0 Å². The molecule has 1 aliphatic rings. The molecule has 3 nitrogen and oxygen atoms in total. The summed E-state index contributed by atoms with van der Waals surface area (Å²) in [5, 5.41) is 8.77. The molecule has 1 aromatic rings. The van der Waals surface area contributed by atoms with Crippen molar-refractivity contribution in [3.63, 3.8) is 0 Å². The average molecular weight is 222 g/mol. The van der Waals surface area contributed by atoms with Crippen LogP contribution in [0.15, 0.2) is 34.5 Å². The minimum atomic E-state index is 0.258. The van der Waals surface area contributed by atoms with E-state index in [2.05, 4.69) is 10.2 Å². The Morgan fingerprint density at radius 1 is 1.27 bits per heavy atom. The first kappa shape index (κ1) is 10.2. The molecule has 0 radical (unpaired) electrons. The second-order valence-electron chi connectivity index (χ2n) is 3.68. The van der Waals surface area contributed by atoms with E-state index in [0.29, 0.717) is 5.84 Å². The van der Waals surface area contributed by atoms with E-state index in [0.717, 1.165) is 22.7 Å². The standard InChI is InChI=1S/C11H12ClN3/c1-7-6-10(14-15-11(7)13)8-2-4-9(12)5-3-8/h2-5,7H,6H2,1H3,(H2,13,15). The quantitative estimate of drug-likeness (QED) is 0.778. The Kier molecular flexibility index (Phi) is 2.73. The topological polar surface area (TPSA) is 50.7 Å². The van der Waals surface area contributed by atoms with E-state index in [-0.39, 0.29) is 5.92 Å². The van der Waals surface area contributed by atoms with Crippen LogP contribution in [0.25, 0.3) is 0 Å². The third kappa shape index (κ3) is 2.18. The maximum absolute atomic E-state index is 5.82. The molecule has 1 heterocycles. The van der Waals surface area contributed by atoms with Crippen molar-refractivity contribution in [1.29, 1.82) is 0 Å². The Hall–Kier alpha value is -1.35. The molecule has 78 valence electrons. The highest BCUT2D eigenvalue weighted by atomic mass is 35.5. The van der Waals surface area contributed by atoms with Gasteiger partial charge in [0.15, 0.2) is 0 Å². The van der Waals surface area contributed by atoms with Crippen molar-refractivity contribution >= 4 is 23.1 Å². The van der Waals surface area contributed by atoms with Crippen molar-refractivity contribution in [2.45, 2.75) is 13.3 Å². The number of rotatable bonds is 1. The van der Waals surface area contributed by atoms with Crippen LogP contribution in [0.4, 0.5) is 0 Å². The van der Waals surface area contributed by atoms with E-state index in [1.165, 1.54) is 0 Å². The number of hydrogen-bond donors (Lipinski definition) is 1. The highest BCUT2D eigenvalue weighted by Gasteiger charge is 2.16. The van der Waals surface area contributed by atoms with E-state index in [9.17, 15) is 0 Å². The summed E-state index contributed by atoms with van der Waals surface area (Å²) >= 11 is 5.82. The number of halogens is 1. The molecule has 2 N–H and O–H groups in total. The van der Waals surface area contributed by atoms with Gasteiger partial charge in [0.25, 0.3) is 0 Å². The molecule has 15 heavy (non-hydrogen) atoms. The summed E-state index contributed by atoms with van der Waals surface area (Å²) in [6.07, 6.45) is 0.830. The Morgan fingerprint density at radius 3 is 2.53 bits per heavy atom. The lowest BCUT2D eigenvalue weighted by molar-refractivity contribution is 0.779. The van der Waals surface area contributed by atoms with Crippen LogP contribution in [-0.4, -0.2) is 11.5 Å². The van der Waals surface area contributed by atoms with E-state index < -0.39 is 0 Å². The average Bonchev–Trinajstić information content (AvgIpc) is 2.23. The molecule has 0 aromatic heterocycles. The maximum atomic E-state index is 5.82. The molecule has 0 fully saturated rings. The van der Waals surface area contributed by atoms with Gasteiger partial charge in [0, 0.05) is 17.4 Å². The molecular weight excluding hydrogens is 210 g/mol. The molecule has 0 amide bonds. The van der Waals surface area contributed by atoms with Crippen LogP contribution in [0.2, 0.25) is 5.02 Å². The molecule has 4 heteroatoms. The predicted molar refractivity (Wildman–Crippen MR) is 63.4 cm³/mol. The van der Waals surface area contributed by atoms with Crippen molar-refractivity contribution in [1.82, 2.24) is 0 Å². The van der Waals surface area contributed by atoms with Gasteiger partial charge < -0.3 is 5.73 Å². The summed E-state index contributed by atoms with van der Waals surface area (Å²) in [4.78, 5) is 0. The lowest BCUT2D eigenvalue weighted by Gasteiger charge is -2.15. The van der Waals surface area contributed by atoms with Gasteiger partial charge in [-0.1, -0.05) is 30.7 Å². The van der Waals surface area contributed by atoms with Gasteiger partial charge in [-0.15, -0.1) is 5.10 Å². The fourth-order valence-electron chi connectivity index (χ4n) is 1.47. The molecule has 1 aliphatic heterocycles. The highest BCUT2D eigenvalue weighted by Crippen LogP contribution is 2.17. The summed E-state index contributed by atoms with van der Waals surface area (Å²) in [6.45, 7) is 2.05. The third-order valence-corrected chi connectivity index (χ3v) is 2.72. The first-order chi connectivity index (χ1) is 7.16. The summed E-state index contributed by atoms with van der Waals surface area (Å²) in [6, 6.07) is 7.60. The third-order valence-electron chi connectivity index (χ3n) is 2.47. The lowest BCUT2D eigenvalue weighted by Crippen LogP contribution is -2.26. The van der Waals surface area contributed by atoms with E-state index in [1.807, 2.05) is 31.2 Å². The van der Waals surface area contributed by atoms with Gasteiger partial charge in [0.1, 0.15) is 5.84 Å². The van der Waals surface area contributed by atoms with Crippen LogP contribution in [0, 0.1) is 5.92 Å². The molecule has 1 unspecified atom stereocenters. The first-order valence-corrected chi connectivity index (χ1v) is 5.20. The monoisotopic (exact) mass is 221 g/mol. The molecule has 0 spiro atoms. The van der Waals surface area contributed by atoms with Gasteiger partial charge in [-0.25, -0.2) is 0 Å². The van der Waals surface area contributed by atoms with Crippen LogP contribution in [0.5, 0.6) is 0 Å². The second-order valence-corrected chi connectivity index (χ2v) is 4.12. The molecule has 1 aromatic carbocycles. The minimum Gasteiger partial charge on any atom is -0.385 e. The summed E-state index contributed by atoms with van der Waals surface area (Å²) in [5.41, 5.74) is 7.69. The fourth-order valence-corrected chi connectivity index (χ4v) is 1.60. The summed E-state index contributed by atoms with van der Waals surface area (Å²) < 4.78 is 0. The molecule has 1 atom stereocenters. The van der Waals surface area contributed by atoms with Gasteiger partial charge in [0.05, 0.1) is 5.71 Å². The first-order valence-electron chi connectivity index (χ1n) is 4.82. The summed E-state index contributed by atoms with van der Waals surface area (Å²) in [5.74, 6) is 0.862. The summed E-state index contributed by atoms with van der Waals surface area (Å²) in [7, 11) is 0. The largest absolute Gasteiger partial charge is 0.385 e. The zero-order chi connectivity index (χ0) is 10.8. The second kappa shape index (κ2) is 4.03. The zero-order valence-electron chi connectivity index (χ0n) is 8.44. The van der Waals surface area contributed by atoms with Gasteiger partial charge in [0.2, 0.25) is 0 Å². The van der Waals surface area contributed by atoms with Crippen LogP contribution < -0.4 is 5.73 Å². The van der Waals surface area contributed by atoms with E-state index in [1.54, 1.807) is 0 Å². The van der Waals surface area contributed by atoms with Crippen LogP contribution >= 0.6 is 11.6 Å². The van der Waals surface area contributed by atoms with Crippen molar-refractivity contribution in [3.8, 4) is 0 Å². The Labute approximate surface area is 93.7 Å². The van der Waals surface area contributed by atoms with Gasteiger partial charge in [-0.3, -0.25) is 0 Å². The normalized spacial score (nSPS) is 20.8. The van der Waals surface area contributed by atoms with Gasteiger partial charge in [-0.2, -0.15) is 5.10 Å². The SMILES string of the molecule is CC1CC(c2ccc(Cl)cc2)=NN=C1N. The van der Waals surface area contributed by atoms with Crippen molar-refractivity contribution in [2.24, 2.45) is 21.9 Å². The van der Waals surface area contributed by atoms with Crippen LogP contribution in [-0.2, 0) is 0 Å². The number of nitrogens with zero attached hydrogens (tertiary/aromatic N) is 2. The number of benzene rings is 1. The fraction of sp³-hybridized carbons (Fsp3) is 0.273. The Balaban J connectivity index is 2.29. The number of hydrogen-bond acceptors (Lipinski definition) is 3. The van der Waals surface area contributed by atoms with Gasteiger partial charge >= 0.3 is 0 Å². The van der Waals surface area contributed by atoms with Crippen LogP contribution in [0.3, 0.4) is 0 Å². The Morgan fingerprint density at radius 2 is 1.93 bits per heavy atom. The van der Waals surface area contributed by atoms with E-state index in [4.69, 9.17) is 17.3 Å². The van der Waals surface area contributed by atoms with Crippen LogP contribution in [0.1, 0.15) is 18.9 Å². The number of amidine groups is 1. The predicted octanol–water partition coefficient (Wildman–Crippen LogP) is 2.44. The molecule has 0 bridgehead atoms. The lowest BCUT2D eigenvalue weighted by atomic mass is 9.97. The smallest absolute Gasteiger partial charge is 0.125 e. The molecule has 2 rings (SSSR count). The molecular formula is C11H12ClN3. The molecule has 0 saturated heterocycles. The maximum Gasteiger partial charge on any atom is 0.125 e. The zero-order valence-corrected chi connectivity index (χ0v) is 9.20. The molecule has 0 saturated carbocycles. The van der Waals surface area contributed by atoms with Crippen molar-refractivity contribution in [2.75, 3.05) is 0 Å². The minimum absolute atomic E-state index is 0.258. The number of nitrogens with two attached hydrogens (primary N) is 1. The van der Waals surface area contributed by atoms with Crippen molar-refractivity contribution in [3.05, 3.63) is 34.9 Å². The Bertz CT molecular complexity index is 420. The highest BCUT2D eigenvalue weighted by molar-refractivity contribution is 6.30. The molecule has 0 aliphatic carbocycles.